The lowest BCUT2D eigenvalue weighted by Crippen LogP contribution is -2.47. The van der Waals surface area contributed by atoms with Gasteiger partial charge < -0.3 is 10.1 Å². The van der Waals surface area contributed by atoms with Gasteiger partial charge in [-0.1, -0.05) is 19.1 Å². The topological polar surface area (TPSA) is 75.7 Å². The third-order valence-electron chi connectivity index (χ3n) is 4.29. The molecule has 0 saturated heterocycles. The number of aryl methyl sites for hydroxylation is 2. The second kappa shape index (κ2) is 8.95. The van der Waals surface area contributed by atoms with Crippen molar-refractivity contribution < 1.29 is 31.1 Å². The third-order valence-corrected chi connectivity index (χ3v) is 5.45. The van der Waals surface area contributed by atoms with Gasteiger partial charge in [-0.15, -0.1) is 13.2 Å². The largest absolute Gasteiger partial charge is 0.573 e. The number of benzene rings is 2. The molecule has 0 aromatic heterocycles. The van der Waals surface area contributed by atoms with E-state index in [2.05, 4.69) is 10.1 Å². The standard InChI is InChI=1S/C20H23F3N2O4S/c1-5-17(25(30(4,27)28)18-12-13(2)6-7-14(18)3)19(26)24-15-8-10-16(11-9-15)29-20(21,22)23/h6-12,17H,5H2,1-4H3,(H,24,26)/t17-/m1/s1. The molecular formula is C20H23F3N2O4S. The molecule has 2 rings (SSSR count). The summed E-state index contributed by atoms with van der Waals surface area (Å²) < 4.78 is 66.8. The molecule has 6 nitrogen and oxygen atoms in total. The van der Waals surface area contributed by atoms with Crippen molar-refractivity contribution in [1.82, 2.24) is 0 Å². The van der Waals surface area contributed by atoms with E-state index in [-0.39, 0.29) is 12.1 Å². The van der Waals surface area contributed by atoms with Crippen LogP contribution in [0.5, 0.6) is 5.75 Å². The summed E-state index contributed by atoms with van der Waals surface area (Å²) in [4.78, 5) is 12.9. The van der Waals surface area contributed by atoms with Crippen LogP contribution in [0.15, 0.2) is 42.5 Å². The molecule has 1 amide bonds. The van der Waals surface area contributed by atoms with Crippen molar-refractivity contribution >= 4 is 27.3 Å². The van der Waals surface area contributed by atoms with Crippen molar-refractivity contribution in [3.63, 3.8) is 0 Å². The number of hydrogen-bond acceptors (Lipinski definition) is 4. The summed E-state index contributed by atoms with van der Waals surface area (Å²) in [6.45, 7) is 5.24. The zero-order chi connectivity index (χ0) is 22.7. The van der Waals surface area contributed by atoms with Crippen molar-refractivity contribution in [3.8, 4) is 5.75 Å². The zero-order valence-corrected chi connectivity index (χ0v) is 17.8. The lowest BCUT2D eigenvalue weighted by Gasteiger charge is -2.31. The van der Waals surface area contributed by atoms with Crippen LogP contribution in [0.4, 0.5) is 24.5 Å². The van der Waals surface area contributed by atoms with E-state index < -0.39 is 34.1 Å². The molecule has 2 aromatic carbocycles. The highest BCUT2D eigenvalue weighted by Gasteiger charge is 2.33. The Morgan fingerprint density at radius 2 is 1.73 bits per heavy atom. The summed E-state index contributed by atoms with van der Waals surface area (Å²) in [5.74, 6) is -1.03. The number of nitrogens with zero attached hydrogens (tertiary/aromatic N) is 1. The Morgan fingerprint density at radius 1 is 1.13 bits per heavy atom. The molecule has 0 fully saturated rings. The molecule has 10 heteroatoms. The molecule has 0 radical (unpaired) electrons. The van der Waals surface area contributed by atoms with Gasteiger partial charge in [-0.3, -0.25) is 9.10 Å². The number of rotatable bonds is 7. The minimum absolute atomic E-state index is 0.182. The lowest BCUT2D eigenvalue weighted by molar-refractivity contribution is -0.274. The molecule has 1 atom stereocenters. The first-order valence-electron chi connectivity index (χ1n) is 9.05. The molecule has 1 N–H and O–H groups in total. The first-order valence-corrected chi connectivity index (χ1v) is 10.9. The molecule has 0 heterocycles. The monoisotopic (exact) mass is 444 g/mol. The van der Waals surface area contributed by atoms with Crippen LogP contribution in [0.3, 0.4) is 0 Å². The lowest BCUT2D eigenvalue weighted by atomic mass is 10.1. The fourth-order valence-corrected chi connectivity index (χ4v) is 4.22. The second-order valence-electron chi connectivity index (χ2n) is 6.83. The summed E-state index contributed by atoms with van der Waals surface area (Å²) >= 11 is 0. The highest BCUT2D eigenvalue weighted by molar-refractivity contribution is 7.92. The summed E-state index contributed by atoms with van der Waals surface area (Å²) in [7, 11) is -3.81. The van der Waals surface area contributed by atoms with Crippen LogP contribution in [0, 0.1) is 13.8 Å². The summed E-state index contributed by atoms with van der Waals surface area (Å²) in [5, 5.41) is 2.56. The average molecular weight is 444 g/mol. The van der Waals surface area contributed by atoms with E-state index in [1.54, 1.807) is 26.0 Å². The van der Waals surface area contributed by atoms with Crippen LogP contribution in [-0.4, -0.2) is 33.0 Å². The molecule has 0 bridgehead atoms. The van der Waals surface area contributed by atoms with E-state index in [1.807, 2.05) is 13.0 Å². The van der Waals surface area contributed by atoms with Crippen LogP contribution in [0.25, 0.3) is 0 Å². The predicted molar refractivity (Wildman–Crippen MR) is 109 cm³/mol. The van der Waals surface area contributed by atoms with E-state index in [1.165, 1.54) is 12.1 Å². The number of nitrogens with one attached hydrogen (secondary N) is 1. The predicted octanol–water partition coefficient (Wildman–Crippen LogP) is 4.39. The van der Waals surface area contributed by atoms with Crippen molar-refractivity contribution in [1.29, 1.82) is 0 Å². The van der Waals surface area contributed by atoms with Gasteiger partial charge in [0.15, 0.2) is 0 Å². The van der Waals surface area contributed by atoms with Gasteiger partial charge in [-0.05, 0) is 61.7 Å². The van der Waals surface area contributed by atoms with Crippen LogP contribution in [-0.2, 0) is 14.8 Å². The van der Waals surface area contributed by atoms with Gasteiger partial charge in [0.2, 0.25) is 15.9 Å². The molecule has 0 aliphatic heterocycles. The maximum absolute atomic E-state index is 12.9. The van der Waals surface area contributed by atoms with Crippen LogP contribution in [0.2, 0.25) is 0 Å². The maximum atomic E-state index is 12.9. The molecule has 0 aliphatic carbocycles. The van der Waals surface area contributed by atoms with Gasteiger partial charge in [-0.2, -0.15) is 0 Å². The number of hydrogen-bond donors (Lipinski definition) is 1. The first kappa shape index (κ1) is 23.5. The van der Waals surface area contributed by atoms with Gasteiger partial charge >= 0.3 is 6.36 Å². The number of sulfonamides is 1. The van der Waals surface area contributed by atoms with Crippen molar-refractivity contribution in [3.05, 3.63) is 53.6 Å². The van der Waals surface area contributed by atoms with Crippen LogP contribution < -0.4 is 14.4 Å². The van der Waals surface area contributed by atoms with Gasteiger partial charge in [0, 0.05) is 5.69 Å². The quantitative estimate of drug-likeness (QED) is 0.688. The van der Waals surface area contributed by atoms with Crippen LogP contribution in [0.1, 0.15) is 24.5 Å². The van der Waals surface area contributed by atoms with E-state index in [0.717, 1.165) is 28.3 Å². The Morgan fingerprint density at radius 3 is 2.23 bits per heavy atom. The van der Waals surface area contributed by atoms with Gasteiger partial charge in [0.05, 0.1) is 11.9 Å². The summed E-state index contributed by atoms with van der Waals surface area (Å²) in [5.41, 5.74) is 2.13. The Kier molecular flexibility index (Phi) is 7.02. The third kappa shape index (κ3) is 6.12. The molecule has 30 heavy (non-hydrogen) atoms. The minimum Gasteiger partial charge on any atom is -0.406 e. The first-order chi connectivity index (χ1) is 13.8. The van der Waals surface area contributed by atoms with E-state index in [0.29, 0.717) is 11.3 Å². The average Bonchev–Trinajstić information content (AvgIpc) is 2.61. The number of halogens is 3. The van der Waals surface area contributed by atoms with E-state index in [4.69, 9.17) is 0 Å². The summed E-state index contributed by atoms with van der Waals surface area (Å²) in [6, 6.07) is 8.86. The fourth-order valence-electron chi connectivity index (χ4n) is 2.96. The van der Waals surface area contributed by atoms with Gasteiger partial charge in [-0.25, -0.2) is 8.42 Å². The van der Waals surface area contributed by atoms with Crippen LogP contribution >= 0.6 is 0 Å². The smallest absolute Gasteiger partial charge is 0.406 e. The normalized spacial score (nSPS) is 12.9. The zero-order valence-electron chi connectivity index (χ0n) is 16.9. The minimum atomic E-state index is -4.82. The van der Waals surface area contributed by atoms with Crippen molar-refractivity contribution in [2.24, 2.45) is 0 Å². The number of carbonyl (C=O) groups is 1. The Labute approximate surface area is 173 Å². The Hall–Kier alpha value is -2.75. The summed E-state index contributed by atoms with van der Waals surface area (Å²) in [6.07, 6.45) is -3.62. The molecule has 0 spiro atoms. The second-order valence-corrected chi connectivity index (χ2v) is 8.69. The molecule has 2 aromatic rings. The maximum Gasteiger partial charge on any atom is 0.573 e. The van der Waals surface area contributed by atoms with E-state index >= 15 is 0 Å². The molecule has 164 valence electrons. The number of carbonyl (C=O) groups excluding carboxylic acids is 1. The number of ether oxygens (including phenoxy) is 1. The van der Waals surface area contributed by atoms with Gasteiger partial charge in [0.25, 0.3) is 0 Å². The Bertz CT molecular complexity index is 1010. The van der Waals surface area contributed by atoms with Crippen molar-refractivity contribution in [2.75, 3.05) is 15.9 Å². The number of anilines is 2. The SMILES string of the molecule is CC[C@H](C(=O)Nc1ccc(OC(F)(F)F)cc1)N(c1cc(C)ccc1C)S(C)(=O)=O. The molecule has 0 aliphatic rings. The van der Waals surface area contributed by atoms with Gasteiger partial charge in [0.1, 0.15) is 11.8 Å². The van der Waals surface area contributed by atoms with Crippen molar-refractivity contribution in [2.45, 2.75) is 39.6 Å². The molecule has 0 unspecified atom stereocenters. The number of alkyl halides is 3. The fraction of sp³-hybridized carbons (Fsp3) is 0.350. The van der Waals surface area contributed by atoms with E-state index in [9.17, 15) is 26.4 Å². The highest BCUT2D eigenvalue weighted by atomic mass is 32.2. The highest BCUT2D eigenvalue weighted by Crippen LogP contribution is 2.28. The molecular weight excluding hydrogens is 421 g/mol. The number of amides is 1. The Balaban J connectivity index is 2.31. The molecule has 0 saturated carbocycles.